The van der Waals surface area contributed by atoms with Gasteiger partial charge in [-0.1, -0.05) is 12.1 Å². The number of nitrogens with zero attached hydrogens (tertiary/aromatic N) is 1. The van der Waals surface area contributed by atoms with Crippen LogP contribution in [0.3, 0.4) is 0 Å². The van der Waals surface area contributed by atoms with Crippen molar-refractivity contribution >= 4 is 29.3 Å². The number of benzene rings is 2. The molecule has 0 radical (unpaired) electrons. The summed E-state index contributed by atoms with van der Waals surface area (Å²) >= 11 is 1.66. The van der Waals surface area contributed by atoms with Gasteiger partial charge >= 0.3 is 0 Å². The van der Waals surface area contributed by atoms with Gasteiger partial charge in [-0.2, -0.15) is 0 Å². The molecule has 1 heterocycles. The van der Waals surface area contributed by atoms with Crippen LogP contribution in [-0.4, -0.2) is 49.3 Å². The Labute approximate surface area is 164 Å². The van der Waals surface area contributed by atoms with Gasteiger partial charge < -0.3 is 15.0 Å². The van der Waals surface area contributed by atoms with Crippen molar-refractivity contribution in [2.45, 2.75) is 23.8 Å². The van der Waals surface area contributed by atoms with E-state index in [0.717, 1.165) is 30.1 Å². The van der Waals surface area contributed by atoms with Crippen LogP contribution in [-0.2, 0) is 4.74 Å². The zero-order valence-electron chi connectivity index (χ0n) is 15.6. The van der Waals surface area contributed by atoms with E-state index < -0.39 is 0 Å². The largest absolute Gasteiger partial charge is 0.377 e. The molecule has 2 aromatic carbocycles. The second-order valence-corrected chi connectivity index (χ2v) is 7.74. The first kappa shape index (κ1) is 19.5. The zero-order valence-corrected chi connectivity index (χ0v) is 16.4. The fraction of sp³-hybridized carbons (Fsp3) is 0.333. The van der Waals surface area contributed by atoms with Crippen molar-refractivity contribution < 1.29 is 14.3 Å². The Kier molecular flexibility index (Phi) is 6.53. The minimum Gasteiger partial charge on any atom is -0.377 e. The van der Waals surface area contributed by atoms with Gasteiger partial charge in [0.1, 0.15) is 0 Å². The minimum absolute atomic E-state index is 0.0660. The van der Waals surface area contributed by atoms with Crippen molar-refractivity contribution in [3.63, 3.8) is 0 Å². The monoisotopic (exact) mass is 384 g/mol. The Morgan fingerprint density at radius 3 is 2.56 bits per heavy atom. The Morgan fingerprint density at radius 1 is 1.15 bits per heavy atom. The van der Waals surface area contributed by atoms with Crippen molar-refractivity contribution in [1.29, 1.82) is 0 Å². The number of carbonyl (C=O) groups is 2. The topological polar surface area (TPSA) is 58.6 Å². The van der Waals surface area contributed by atoms with Crippen molar-refractivity contribution in [2.24, 2.45) is 0 Å². The molecule has 1 atom stereocenters. The van der Waals surface area contributed by atoms with E-state index in [-0.39, 0.29) is 17.9 Å². The molecule has 0 bridgehead atoms. The van der Waals surface area contributed by atoms with Gasteiger partial charge in [0.2, 0.25) is 0 Å². The zero-order chi connectivity index (χ0) is 19.2. The standard InChI is InChI=1S/C21H24N2O3S/c1-23(2)21(25)15-9-11-16(12-10-15)22-20(24)18-7-3-4-8-19(18)27-14-17-6-5-13-26-17/h3-4,7-12,17H,5-6,13-14H2,1-2H3,(H,22,24)/t17-/m0/s1. The maximum absolute atomic E-state index is 12.7. The Hall–Kier alpha value is -2.31. The quantitative estimate of drug-likeness (QED) is 0.767. The van der Waals surface area contributed by atoms with Crippen LogP contribution in [0.5, 0.6) is 0 Å². The second kappa shape index (κ2) is 9.06. The van der Waals surface area contributed by atoms with Crippen molar-refractivity contribution in [2.75, 3.05) is 31.8 Å². The van der Waals surface area contributed by atoms with Gasteiger partial charge in [-0.3, -0.25) is 9.59 Å². The molecule has 0 unspecified atom stereocenters. The lowest BCUT2D eigenvalue weighted by atomic mass is 10.1. The van der Waals surface area contributed by atoms with Crippen LogP contribution in [0, 0.1) is 0 Å². The number of amides is 2. The number of nitrogens with one attached hydrogen (secondary N) is 1. The summed E-state index contributed by atoms with van der Waals surface area (Å²) in [5.41, 5.74) is 1.90. The highest BCUT2D eigenvalue weighted by Gasteiger charge is 2.18. The number of anilines is 1. The molecule has 2 aromatic rings. The van der Waals surface area contributed by atoms with E-state index in [2.05, 4.69) is 5.32 Å². The van der Waals surface area contributed by atoms with Gasteiger partial charge in [-0.15, -0.1) is 11.8 Å². The van der Waals surface area contributed by atoms with E-state index in [4.69, 9.17) is 4.74 Å². The Balaban J connectivity index is 1.66. The lowest BCUT2D eigenvalue weighted by Crippen LogP contribution is -2.21. The molecule has 1 fully saturated rings. The molecule has 0 aromatic heterocycles. The smallest absolute Gasteiger partial charge is 0.256 e. The van der Waals surface area contributed by atoms with E-state index in [0.29, 0.717) is 16.8 Å². The molecule has 2 amide bonds. The van der Waals surface area contributed by atoms with Crippen LogP contribution in [0.15, 0.2) is 53.4 Å². The van der Waals surface area contributed by atoms with Crippen LogP contribution < -0.4 is 5.32 Å². The molecule has 0 saturated carbocycles. The van der Waals surface area contributed by atoms with Gasteiger partial charge in [0, 0.05) is 42.6 Å². The number of hydrogen-bond acceptors (Lipinski definition) is 4. The lowest BCUT2D eigenvalue weighted by Gasteiger charge is -2.13. The molecule has 142 valence electrons. The van der Waals surface area contributed by atoms with E-state index in [1.807, 2.05) is 24.3 Å². The second-order valence-electron chi connectivity index (χ2n) is 6.67. The van der Waals surface area contributed by atoms with Gasteiger partial charge in [0.05, 0.1) is 11.7 Å². The van der Waals surface area contributed by atoms with Gasteiger partial charge in [-0.25, -0.2) is 0 Å². The summed E-state index contributed by atoms with van der Waals surface area (Å²) in [7, 11) is 3.42. The van der Waals surface area contributed by atoms with Gasteiger partial charge in [-0.05, 0) is 49.2 Å². The van der Waals surface area contributed by atoms with Crippen molar-refractivity contribution in [1.82, 2.24) is 4.90 Å². The molecular weight excluding hydrogens is 360 g/mol. The Morgan fingerprint density at radius 2 is 1.89 bits per heavy atom. The molecular formula is C21H24N2O3S. The van der Waals surface area contributed by atoms with Crippen LogP contribution >= 0.6 is 11.8 Å². The molecule has 1 N–H and O–H groups in total. The maximum atomic E-state index is 12.7. The first-order valence-corrected chi connectivity index (χ1v) is 9.99. The highest BCUT2D eigenvalue weighted by Crippen LogP contribution is 2.27. The molecule has 0 spiro atoms. The van der Waals surface area contributed by atoms with Gasteiger partial charge in [0.15, 0.2) is 0 Å². The number of ether oxygens (including phenoxy) is 1. The van der Waals surface area contributed by atoms with Crippen molar-refractivity contribution in [3.05, 3.63) is 59.7 Å². The SMILES string of the molecule is CN(C)C(=O)c1ccc(NC(=O)c2ccccc2SC[C@@H]2CCCO2)cc1. The molecule has 1 aliphatic rings. The third-order valence-electron chi connectivity index (χ3n) is 4.38. The first-order valence-electron chi connectivity index (χ1n) is 9.01. The highest BCUT2D eigenvalue weighted by atomic mass is 32.2. The van der Waals surface area contributed by atoms with Crippen molar-refractivity contribution in [3.8, 4) is 0 Å². The maximum Gasteiger partial charge on any atom is 0.256 e. The molecule has 0 aliphatic carbocycles. The average Bonchev–Trinajstić information content (AvgIpc) is 3.20. The predicted octanol–water partition coefficient (Wildman–Crippen LogP) is 3.91. The summed E-state index contributed by atoms with van der Waals surface area (Å²) in [5, 5.41) is 2.91. The number of rotatable bonds is 6. The summed E-state index contributed by atoms with van der Waals surface area (Å²) in [6, 6.07) is 14.5. The molecule has 1 aliphatic heterocycles. The predicted molar refractivity (Wildman–Crippen MR) is 109 cm³/mol. The Bertz CT molecular complexity index is 799. The lowest BCUT2D eigenvalue weighted by molar-refractivity contribution is 0.0827. The number of thioether (sulfide) groups is 1. The number of carbonyl (C=O) groups excluding carboxylic acids is 2. The summed E-state index contributed by atoms with van der Waals surface area (Å²) in [6.07, 6.45) is 2.46. The van der Waals surface area contributed by atoms with E-state index in [1.54, 1.807) is 50.1 Å². The highest BCUT2D eigenvalue weighted by molar-refractivity contribution is 7.99. The third-order valence-corrected chi connectivity index (χ3v) is 5.58. The molecule has 6 heteroatoms. The van der Waals surface area contributed by atoms with E-state index in [9.17, 15) is 9.59 Å². The third kappa shape index (κ3) is 5.11. The average molecular weight is 385 g/mol. The summed E-state index contributed by atoms with van der Waals surface area (Å²) in [4.78, 5) is 27.1. The minimum atomic E-state index is -0.155. The first-order chi connectivity index (χ1) is 13.0. The molecule has 3 rings (SSSR count). The normalized spacial score (nSPS) is 16.1. The van der Waals surface area contributed by atoms with Crippen LogP contribution in [0.25, 0.3) is 0 Å². The van der Waals surface area contributed by atoms with Crippen LogP contribution in [0.4, 0.5) is 5.69 Å². The molecule has 5 nitrogen and oxygen atoms in total. The van der Waals surface area contributed by atoms with Gasteiger partial charge in [0.25, 0.3) is 11.8 Å². The fourth-order valence-corrected chi connectivity index (χ4v) is 4.01. The summed E-state index contributed by atoms with van der Waals surface area (Å²) in [5.74, 6) is 0.631. The summed E-state index contributed by atoms with van der Waals surface area (Å²) < 4.78 is 5.67. The van der Waals surface area contributed by atoms with E-state index in [1.165, 1.54) is 4.90 Å². The molecule has 27 heavy (non-hydrogen) atoms. The number of hydrogen-bond donors (Lipinski definition) is 1. The van der Waals surface area contributed by atoms with Crippen LogP contribution in [0.1, 0.15) is 33.6 Å². The van der Waals surface area contributed by atoms with Crippen LogP contribution in [0.2, 0.25) is 0 Å². The fourth-order valence-electron chi connectivity index (χ4n) is 2.89. The van der Waals surface area contributed by atoms with E-state index >= 15 is 0 Å². The molecule has 1 saturated heterocycles. The summed E-state index contributed by atoms with van der Waals surface area (Å²) in [6.45, 7) is 0.833.